The molecule has 21 heavy (non-hydrogen) atoms. The van der Waals surface area contributed by atoms with E-state index in [-0.39, 0.29) is 6.10 Å². The highest BCUT2D eigenvalue weighted by Crippen LogP contribution is 2.23. The third-order valence-electron chi connectivity index (χ3n) is 3.48. The van der Waals surface area contributed by atoms with Gasteiger partial charge in [-0.1, -0.05) is 19.9 Å². The Morgan fingerprint density at radius 3 is 2.57 bits per heavy atom. The zero-order valence-electron chi connectivity index (χ0n) is 14.2. The Morgan fingerprint density at radius 1 is 1.19 bits per heavy atom. The number of ether oxygens (including phenoxy) is 2. The van der Waals surface area contributed by atoms with E-state index in [2.05, 4.69) is 51.2 Å². The van der Waals surface area contributed by atoms with Crippen LogP contribution in [-0.4, -0.2) is 32.4 Å². The van der Waals surface area contributed by atoms with E-state index in [4.69, 9.17) is 9.47 Å². The van der Waals surface area contributed by atoms with Gasteiger partial charge in [-0.25, -0.2) is 0 Å². The maximum absolute atomic E-state index is 5.96. The van der Waals surface area contributed by atoms with Gasteiger partial charge in [0.05, 0.1) is 0 Å². The van der Waals surface area contributed by atoms with Crippen LogP contribution in [0, 0.1) is 6.92 Å². The van der Waals surface area contributed by atoms with Crippen LogP contribution in [0.4, 0.5) is 0 Å². The lowest BCUT2D eigenvalue weighted by Gasteiger charge is -2.17. The van der Waals surface area contributed by atoms with Crippen LogP contribution in [0.5, 0.6) is 5.75 Å². The van der Waals surface area contributed by atoms with Crippen molar-refractivity contribution in [1.29, 1.82) is 0 Å². The average Bonchev–Trinajstić information content (AvgIpc) is 2.42. The summed E-state index contributed by atoms with van der Waals surface area (Å²) in [7, 11) is 0. The number of hydrogen-bond acceptors (Lipinski definition) is 3. The fourth-order valence-corrected chi connectivity index (χ4v) is 2.39. The molecule has 0 aliphatic heterocycles. The van der Waals surface area contributed by atoms with Gasteiger partial charge in [-0.2, -0.15) is 0 Å². The van der Waals surface area contributed by atoms with Gasteiger partial charge in [0.25, 0.3) is 0 Å². The highest BCUT2D eigenvalue weighted by molar-refractivity contribution is 5.36. The molecule has 0 saturated carbocycles. The lowest BCUT2D eigenvalue weighted by atomic mass is 9.98. The molecular weight excluding hydrogens is 262 g/mol. The van der Waals surface area contributed by atoms with Crippen LogP contribution in [0.1, 0.15) is 51.2 Å². The summed E-state index contributed by atoms with van der Waals surface area (Å²) in [5.74, 6) is 1.52. The zero-order chi connectivity index (χ0) is 15.7. The molecule has 0 aliphatic carbocycles. The Balaban J connectivity index is 2.31. The minimum absolute atomic E-state index is 0.168. The first-order valence-electron chi connectivity index (χ1n) is 8.10. The molecule has 0 heterocycles. The fourth-order valence-electron chi connectivity index (χ4n) is 2.39. The molecule has 1 atom stereocenters. The van der Waals surface area contributed by atoms with Gasteiger partial charge in [0.15, 0.2) is 0 Å². The highest BCUT2D eigenvalue weighted by Gasteiger charge is 2.07. The third kappa shape index (κ3) is 6.96. The van der Waals surface area contributed by atoms with Gasteiger partial charge in [0.1, 0.15) is 11.9 Å². The second-order valence-electron chi connectivity index (χ2n) is 5.86. The molecule has 0 fully saturated rings. The topological polar surface area (TPSA) is 30.5 Å². The highest BCUT2D eigenvalue weighted by atomic mass is 16.5. The van der Waals surface area contributed by atoms with E-state index in [1.807, 2.05) is 6.92 Å². The van der Waals surface area contributed by atoms with Crippen molar-refractivity contribution in [2.45, 2.75) is 53.1 Å². The van der Waals surface area contributed by atoms with Gasteiger partial charge < -0.3 is 14.8 Å². The van der Waals surface area contributed by atoms with Gasteiger partial charge in [-0.3, -0.25) is 0 Å². The Labute approximate surface area is 130 Å². The Bertz CT molecular complexity index is 404. The van der Waals surface area contributed by atoms with Crippen LogP contribution in [0.3, 0.4) is 0 Å². The maximum atomic E-state index is 5.96. The van der Waals surface area contributed by atoms with E-state index in [0.29, 0.717) is 5.92 Å². The van der Waals surface area contributed by atoms with Gasteiger partial charge in [0, 0.05) is 19.8 Å². The van der Waals surface area contributed by atoms with Crippen molar-refractivity contribution < 1.29 is 9.47 Å². The van der Waals surface area contributed by atoms with E-state index in [1.165, 1.54) is 11.1 Å². The summed E-state index contributed by atoms with van der Waals surface area (Å²) in [6.07, 6.45) is 1.21. The van der Waals surface area contributed by atoms with E-state index in [1.54, 1.807) is 0 Å². The molecule has 0 saturated heterocycles. The van der Waals surface area contributed by atoms with Gasteiger partial charge in [0.2, 0.25) is 0 Å². The molecule has 3 heteroatoms. The quantitative estimate of drug-likeness (QED) is 0.664. The van der Waals surface area contributed by atoms with Crippen LogP contribution in [0.2, 0.25) is 0 Å². The molecule has 0 amide bonds. The van der Waals surface area contributed by atoms with Gasteiger partial charge >= 0.3 is 0 Å². The van der Waals surface area contributed by atoms with Crippen molar-refractivity contribution in [3.8, 4) is 5.75 Å². The van der Waals surface area contributed by atoms with Crippen LogP contribution >= 0.6 is 0 Å². The predicted molar refractivity (Wildman–Crippen MR) is 89.3 cm³/mol. The van der Waals surface area contributed by atoms with E-state index >= 15 is 0 Å². The van der Waals surface area contributed by atoms with E-state index in [0.717, 1.165) is 38.5 Å². The normalized spacial score (nSPS) is 12.7. The molecule has 1 N–H and O–H groups in total. The molecule has 120 valence electrons. The molecule has 0 radical (unpaired) electrons. The summed E-state index contributed by atoms with van der Waals surface area (Å²) in [6, 6.07) is 6.40. The molecular formula is C18H31NO2. The monoisotopic (exact) mass is 293 g/mol. The number of aryl methyl sites for hydroxylation is 1. The summed E-state index contributed by atoms with van der Waals surface area (Å²) in [4.78, 5) is 0. The first-order chi connectivity index (χ1) is 10.0. The van der Waals surface area contributed by atoms with Crippen LogP contribution in [0.15, 0.2) is 18.2 Å². The third-order valence-corrected chi connectivity index (χ3v) is 3.48. The molecule has 1 unspecified atom stereocenters. The molecule has 3 nitrogen and oxygen atoms in total. The lowest BCUT2D eigenvalue weighted by Crippen LogP contribution is -2.30. The minimum Gasteiger partial charge on any atom is -0.489 e. The summed E-state index contributed by atoms with van der Waals surface area (Å²) in [5, 5.41) is 3.40. The maximum Gasteiger partial charge on any atom is 0.120 e. The molecule has 1 rings (SSSR count). The molecule has 1 aromatic rings. The Hall–Kier alpha value is -1.06. The standard InChI is InChI=1S/C18H31NO2/c1-6-20-11-7-10-19-13-16(5)21-17-8-9-18(14(2)3)15(4)12-17/h8-9,12,14,16,19H,6-7,10-11,13H2,1-5H3. The van der Waals surface area contributed by atoms with E-state index < -0.39 is 0 Å². The van der Waals surface area contributed by atoms with Crippen molar-refractivity contribution in [3.05, 3.63) is 29.3 Å². The summed E-state index contributed by atoms with van der Waals surface area (Å²) < 4.78 is 11.3. The van der Waals surface area contributed by atoms with Crippen LogP contribution in [-0.2, 0) is 4.74 Å². The SMILES string of the molecule is CCOCCCNCC(C)Oc1ccc(C(C)C)c(C)c1. The van der Waals surface area contributed by atoms with Crippen molar-refractivity contribution in [1.82, 2.24) is 5.32 Å². The summed E-state index contributed by atoms with van der Waals surface area (Å²) in [5.41, 5.74) is 2.70. The van der Waals surface area contributed by atoms with Crippen molar-refractivity contribution >= 4 is 0 Å². The molecule has 0 spiro atoms. The van der Waals surface area contributed by atoms with Gasteiger partial charge in [-0.15, -0.1) is 0 Å². The molecule has 0 aliphatic rings. The van der Waals surface area contributed by atoms with Crippen LogP contribution < -0.4 is 10.1 Å². The largest absolute Gasteiger partial charge is 0.489 e. The Kier molecular flexibility index (Phi) is 8.40. The van der Waals surface area contributed by atoms with E-state index in [9.17, 15) is 0 Å². The molecule has 0 bridgehead atoms. The lowest BCUT2D eigenvalue weighted by molar-refractivity contribution is 0.143. The first kappa shape index (κ1) is 18.0. The number of rotatable bonds is 10. The Morgan fingerprint density at radius 2 is 1.95 bits per heavy atom. The average molecular weight is 293 g/mol. The smallest absolute Gasteiger partial charge is 0.120 e. The fraction of sp³-hybridized carbons (Fsp3) is 0.667. The number of benzene rings is 1. The minimum atomic E-state index is 0.168. The molecule has 1 aromatic carbocycles. The second-order valence-corrected chi connectivity index (χ2v) is 5.86. The van der Waals surface area contributed by atoms with Crippen molar-refractivity contribution in [3.63, 3.8) is 0 Å². The van der Waals surface area contributed by atoms with Crippen molar-refractivity contribution in [2.75, 3.05) is 26.3 Å². The number of hydrogen-bond donors (Lipinski definition) is 1. The summed E-state index contributed by atoms with van der Waals surface area (Å²) in [6.45, 7) is 14.2. The first-order valence-corrected chi connectivity index (χ1v) is 8.10. The van der Waals surface area contributed by atoms with Crippen molar-refractivity contribution in [2.24, 2.45) is 0 Å². The van der Waals surface area contributed by atoms with Gasteiger partial charge in [-0.05, 0) is 62.9 Å². The summed E-state index contributed by atoms with van der Waals surface area (Å²) >= 11 is 0. The second kappa shape index (κ2) is 9.80. The predicted octanol–water partition coefficient (Wildman–Crippen LogP) is 3.90. The zero-order valence-corrected chi connectivity index (χ0v) is 14.2. The van der Waals surface area contributed by atoms with Crippen LogP contribution in [0.25, 0.3) is 0 Å². The molecule has 0 aromatic heterocycles. The number of nitrogens with one attached hydrogen (secondary N) is 1.